The Balaban J connectivity index is 1.96. The number of urea groups is 1. The number of amides is 2. The standard InChI is InChI=1S/C14H11FN4O4/c15-10-2-4-11(5-3-10)17-14(21)18-16-8-9-1-6-13(20)12(7-9)19(22)23/h1-8,20H,(H2,17,18,21)/b16-8+. The Kier molecular flexibility index (Phi) is 4.82. The van der Waals surface area contributed by atoms with Gasteiger partial charge in [-0.2, -0.15) is 5.10 Å². The number of rotatable bonds is 4. The number of phenols is 1. The van der Waals surface area contributed by atoms with Crippen LogP contribution in [0.25, 0.3) is 0 Å². The van der Waals surface area contributed by atoms with E-state index in [4.69, 9.17) is 0 Å². The van der Waals surface area contributed by atoms with Crippen LogP contribution in [0.3, 0.4) is 0 Å². The van der Waals surface area contributed by atoms with Gasteiger partial charge in [0.15, 0.2) is 5.75 Å². The third kappa shape index (κ3) is 4.49. The third-order valence-corrected chi connectivity index (χ3v) is 2.68. The zero-order valence-corrected chi connectivity index (χ0v) is 11.6. The molecular weight excluding hydrogens is 307 g/mol. The van der Waals surface area contributed by atoms with Gasteiger partial charge in [0, 0.05) is 17.3 Å². The van der Waals surface area contributed by atoms with Crippen molar-refractivity contribution in [2.75, 3.05) is 5.32 Å². The van der Waals surface area contributed by atoms with Gasteiger partial charge in [-0.05, 0) is 36.4 Å². The molecule has 0 aromatic heterocycles. The van der Waals surface area contributed by atoms with Crippen molar-refractivity contribution in [1.82, 2.24) is 5.43 Å². The molecule has 0 bridgehead atoms. The number of carbonyl (C=O) groups is 1. The van der Waals surface area contributed by atoms with Gasteiger partial charge in [0.25, 0.3) is 0 Å². The van der Waals surface area contributed by atoms with E-state index in [1.54, 1.807) is 0 Å². The maximum Gasteiger partial charge on any atom is 0.339 e. The molecule has 0 saturated carbocycles. The molecule has 0 aliphatic heterocycles. The maximum atomic E-state index is 12.7. The molecule has 0 heterocycles. The van der Waals surface area contributed by atoms with Crippen molar-refractivity contribution in [2.24, 2.45) is 5.10 Å². The molecule has 2 aromatic rings. The lowest BCUT2D eigenvalue weighted by atomic mass is 10.2. The molecule has 0 fully saturated rings. The van der Waals surface area contributed by atoms with Crippen molar-refractivity contribution in [2.45, 2.75) is 0 Å². The molecule has 9 heteroatoms. The van der Waals surface area contributed by atoms with Crippen molar-refractivity contribution in [1.29, 1.82) is 0 Å². The molecule has 23 heavy (non-hydrogen) atoms. The number of hydrazone groups is 1. The highest BCUT2D eigenvalue weighted by atomic mass is 19.1. The van der Waals surface area contributed by atoms with E-state index in [0.29, 0.717) is 11.3 Å². The van der Waals surface area contributed by atoms with Crippen LogP contribution in [0.1, 0.15) is 5.56 Å². The normalized spacial score (nSPS) is 10.5. The van der Waals surface area contributed by atoms with E-state index in [1.165, 1.54) is 36.5 Å². The van der Waals surface area contributed by atoms with Gasteiger partial charge in [-0.25, -0.2) is 14.6 Å². The van der Waals surface area contributed by atoms with E-state index in [0.717, 1.165) is 12.1 Å². The molecule has 8 nitrogen and oxygen atoms in total. The second-order valence-corrected chi connectivity index (χ2v) is 4.34. The zero-order valence-electron chi connectivity index (χ0n) is 11.6. The quantitative estimate of drug-likeness (QED) is 0.456. The van der Waals surface area contributed by atoms with Crippen LogP contribution in [-0.4, -0.2) is 22.3 Å². The minimum Gasteiger partial charge on any atom is -0.502 e. The van der Waals surface area contributed by atoms with Crippen LogP contribution < -0.4 is 10.7 Å². The summed E-state index contributed by atoms with van der Waals surface area (Å²) in [5, 5.41) is 26.0. The predicted octanol–water partition coefficient (Wildman–Crippen LogP) is 2.60. The summed E-state index contributed by atoms with van der Waals surface area (Å²) < 4.78 is 12.7. The number of carbonyl (C=O) groups excluding carboxylic acids is 1. The fourth-order valence-corrected chi connectivity index (χ4v) is 1.62. The van der Waals surface area contributed by atoms with Crippen LogP contribution in [0.5, 0.6) is 5.75 Å². The Bertz CT molecular complexity index is 762. The number of hydrogen-bond donors (Lipinski definition) is 3. The topological polar surface area (TPSA) is 117 Å². The molecule has 3 N–H and O–H groups in total. The summed E-state index contributed by atoms with van der Waals surface area (Å²) in [6.45, 7) is 0. The van der Waals surface area contributed by atoms with Gasteiger partial charge in [0.1, 0.15) is 5.82 Å². The minimum absolute atomic E-state index is 0.316. The summed E-state index contributed by atoms with van der Waals surface area (Å²) in [5.41, 5.74) is 2.37. The van der Waals surface area contributed by atoms with E-state index in [2.05, 4.69) is 15.8 Å². The van der Waals surface area contributed by atoms with E-state index >= 15 is 0 Å². The van der Waals surface area contributed by atoms with Crippen molar-refractivity contribution in [3.8, 4) is 5.75 Å². The van der Waals surface area contributed by atoms with Crippen LogP contribution in [0.2, 0.25) is 0 Å². The molecule has 0 saturated heterocycles. The summed E-state index contributed by atoms with van der Waals surface area (Å²) in [6.07, 6.45) is 1.18. The minimum atomic E-state index is -0.735. The summed E-state index contributed by atoms with van der Waals surface area (Å²) in [5.74, 6) is -0.892. The summed E-state index contributed by atoms with van der Waals surface area (Å²) >= 11 is 0. The van der Waals surface area contributed by atoms with Crippen LogP contribution in [0.4, 0.5) is 20.6 Å². The highest BCUT2D eigenvalue weighted by molar-refractivity contribution is 5.90. The van der Waals surface area contributed by atoms with Gasteiger partial charge in [-0.3, -0.25) is 10.1 Å². The van der Waals surface area contributed by atoms with Gasteiger partial charge in [-0.15, -0.1) is 0 Å². The number of nitro benzene ring substituents is 1. The molecule has 2 aromatic carbocycles. The van der Waals surface area contributed by atoms with E-state index in [-0.39, 0.29) is 0 Å². The molecule has 0 aliphatic carbocycles. The molecule has 0 spiro atoms. The van der Waals surface area contributed by atoms with Gasteiger partial charge < -0.3 is 10.4 Å². The fourth-order valence-electron chi connectivity index (χ4n) is 1.62. The third-order valence-electron chi connectivity index (χ3n) is 2.68. The predicted molar refractivity (Wildman–Crippen MR) is 80.9 cm³/mol. The first kappa shape index (κ1) is 15.9. The van der Waals surface area contributed by atoms with Crippen LogP contribution in [0, 0.1) is 15.9 Å². The number of halogens is 1. The van der Waals surface area contributed by atoms with Crippen molar-refractivity contribution < 1.29 is 19.2 Å². The Morgan fingerprint density at radius 3 is 2.61 bits per heavy atom. The van der Waals surface area contributed by atoms with Crippen LogP contribution in [0.15, 0.2) is 47.6 Å². The second-order valence-electron chi connectivity index (χ2n) is 4.34. The number of hydrogen-bond acceptors (Lipinski definition) is 5. The van der Waals surface area contributed by atoms with Crippen LogP contribution >= 0.6 is 0 Å². The Morgan fingerprint density at radius 1 is 1.26 bits per heavy atom. The Hall–Kier alpha value is -3.49. The highest BCUT2D eigenvalue weighted by Gasteiger charge is 2.12. The van der Waals surface area contributed by atoms with Crippen molar-refractivity contribution in [3.63, 3.8) is 0 Å². The molecule has 0 atom stereocenters. The lowest BCUT2D eigenvalue weighted by Crippen LogP contribution is -2.24. The lowest BCUT2D eigenvalue weighted by molar-refractivity contribution is -0.385. The number of anilines is 1. The zero-order chi connectivity index (χ0) is 16.8. The summed E-state index contributed by atoms with van der Waals surface area (Å²) in [6, 6.07) is 8.12. The van der Waals surface area contributed by atoms with Gasteiger partial charge in [0.2, 0.25) is 0 Å². The van der Waals surface area contributed by atoms with Gasteiger partial charge in [-0.1, -0.05) is 0 Å². The molecule has 0 aliphatic rings. The first-order valence-electron chi connectivity index (χ1n) is 6.29. The SMILES string of the molecule is O=C(N/N=C/c1ccc(O)c([N+](=O)[O-])c1)Nc1ccc(F)cc1. The number of benzene rings is 2. The average Bonchev–Trinajstić information content (AvgIpc) is 2.51. The monoisotopic (exact) mass is 318 g/mol. The Labute approximate surface area is 129 Å². The fraction of sp³-hybridized carbons (Fsp3) is 0. The number of nitro groups is 1. The number of nitrogens with one attached hydrogen (secondary N) is 2. The first-order valence-corrected chi connectivity index (χ1v) is 6.29. The average molecular weight is 318 g/mol. The molecular formula is C14H11FN4O4. The van der Waals surface area contributed by atoms with E-state index in [9.17, 15) is 24.4 Å². The second kappa shape index (κ2) is 6.98. The highest BCUT2D eigenvalue weighted by Crippen LogP contribution is 2.25. The smallest absolute Gasteiger partial charge is 0.339 e. The first-order chi connectivity index (χ1) is 11.0. The van der Waals surface area contributed by atoms with Crippen LogP contribution in [-0.2, 0) is 0 Å². The molecule has 0 radical (unpaired) electrons. The molecule has 118 valence electrons. The van der Waals surface area contributed by atoms with Gasteiger partial charge >= 0.3 is 11.7 Å². The number of nitrogens with zero attached hydrogens (tertiary/aromatic N) is 2. The maximum absolute atomic E-state index is 12.7. The number of phenolic OH excluding ortho intramolecular Hbond substituents is 1. The van der Waals surface area contributed by atoms with Crippen molar-refractivity contribution in [3.05, 3.63) is 64.0 Å². The Morgan fingerprint density at radius 2 is 1.96 bits per heavy atom. The molecule has 2 amide bonds. The van der Waals surface area contributed by atoms with Gasteiger partial charge in [0.05, 0.1) is 11.1 Å². The molecule has 0 unspecified atom stereocenters. The van der Waals surface area contributed by atoms with Crippen molar-refractivity contribution >= 4 is 23.6 Å². The largest absolute Gasteiger partial charge is 0.502 e. The number of aromatic hydroxyl groups is 1. The van der Waals surface area contributed by atoms with E-state index in [1.807, 2.05) is 0 Å². The summed E-state index contributed by atoms with van der Waals surface area (Å²) in [7, 11) is 0. The molecule has 2 rings (SSSR count). The lowest BCUT2D eigenvalue weighted by Gasteiger charge is -2.03. The summed E-state index contributed by atoms with van der Waals surface area (Å²) in [4.78, 5) is 21.5. The van der Waals surface area contributed by atoms with E-state index < -0.39 is 28.2 Å².